The number of piperazine rings is 1. The number of rotatable bonds is 2. The minimum atomic E-state index is -1.10. The number of nitriles is 2. The Balaban J connectivity index is 2.15. The summed E-state index contributed by atoms with van der Waals surface area (Å²) in [7, 11) is 0. The lowest BCUT2D eigenvalue weighted by Gasteiger charge is -2.40. The zero-order chi connectivity index (χ0) is 19.7. The number of benzene rings is 1. The monoisotopic (exact) mass is 451 g/mol. The molecule has 1 unspecified atom stereocenters. The Morgan fingerprint density at radius 1 is 1.48 bits per heavy atom. The van der Waals surface area contributed by atoms with Crippen LogP contribution in [0.15, 0.2) is 16.7 Å². The van der Waals surface area contributed by atoms with E-state index in [-0.39, 0.29) is 46.6 Å². The van der Waals surface area contributed by atoms with Crippen molar-refractivity contribution in [3.63, 3.8) is 0 Å². The van der Waals surface area contributed by atoms with E-state index in [9.17, 15) is 19.6 Å². The number of hydrogen-bond acceptors (Lipinski definition) is 5. The van der Waals surface area contributed by atoms with E-state index in [1.165, 1.54) is 17.2 Å². The largest absolute Gasteiger partial charge is 0.465 e. The van der Waals surface area contributed by atoms with Gasteiger partial charge >= 0.3 is 6.09 Å². The average molecular weight is 453 g/mol. The number of carbonyl (C=O) groups is 1. The molecule has 2 aromatic rings. The molecular weight excluding hydrogens is 441 g/mol. The van der Waals surface area contributed by atoms with Crippen LogP contribution in [0.1, 0.15) is 12.0 Å². The highest BCUT2D eigenvalue weighted by molar-refractivity contribution is 9.10. The lowest BCUT2D eigenvalue weighted by molar-refractivity contribution is 0.119. The van der Waals surface area contributed by atoms with Gasteiger partial charge in [-0.1, -0.05) is 11.6 Å². The van der Waals surface area contributed by atoms with E-state index in [0.29, 0.717) is 11.1 Å². The van der Waals surface area contributed by atoms with Crippen LogP contribution in [-0.2, 0) is 0 Å². The highest BCUT2D eigenvalue weighted by Crippen LogP contribution is 2.38. The first-order valence-electron chi connectivity index (χ1n) is 7.86. The Bertz CT molecular complexity index is 1020. The Morgan fingerprint density at radius 3 is 2.85 bits per heavy atom. The van der Waals surface area contributed by atoms with E-state index in [1.54, 1.807) is 4.90 Å². The van der Waals surface area contributed by atoms with Crippen molar-refractivity contribution in [1.29, 1.82) is 10.5 Å². The van der Waals surface area contributed by atoms with E-state index in [1.807, 2.05) is 12.1 Å². The number of fused-ring (bicyclic) bond motifs is 1. The van der Waals surface area contributed by atoms with Gasteiger partial charge in [0.25, 0.3) is 0 Å². The minimum Gasteiger partial charge on any atom is -0.465 e. The second-order valence-electron chi connectivity index (χ2n) is 5.95. The van der Waals surface area contributed by atoms with Crippen molar-refractivity contribution in [2.45, 2.75) is 12.5 Å². The van der Waals surface area contributed by atoms with Crippen molar-refractivity contribution in [3.8, 4) is 12.1 Å². The second kappa shape index (κ2) is 7.55. The molecule has 1 fully saturated rings. The summed E-state index contributed by atoms with van der Waals surface area (Å²) in [5.74, 6) is -0.638. The zero-order valence-electron chi connectivity index (χ0n) is 13.8. The number of nitrogens with zero attached hydrogens (tertiary/aromatic N) is 5. The van der Waals surface area contributed by atoms with Gasteiger partial charge in [-0.05, 0) is 22.0 Å². The first kappa shape index (κ1) is 19.2. The summed E-state index contributed by atoms with van der Waals surface area (Å²) in [4.78, 5) is 18.4. The highest BCUT2D eigenvalue weighted by Gasteiger charge is 2.32. The molecule has 0 saturated carbocycles. The van der Waals surface area contributed by atoms with Crippen LogP contribution in [0.2, 0.25) is 5.02 Å². The molecule has 7 nitrogen and oxygen atoms in total. The number of carboxylic acid groups (broad SMARTS) is 1. The van der Waals surface area contributed by atoms with Gasteiger partial charge in [0, 0.05) is 31.2 Å². The molecule has 0 bridgehead atoms. The number of halogens is 3. The standard InChI is InChI=1S/C17H12BrClFN5O2/c18-13-12(19)5-11-15(14(13)20)23-7-9(6-22)16(11)24-3-4-25(17(26)27)10(8-24)1-2-21/h5,7,10H,1,3-4,8H2,(H,26,27). The van der Waals surface area contributed by atoms with Crippen LogP contribution in [0.3, 0.4) is 0 Å². The molecule has 1 aliphatic heterocycles. The molecule has 1 aliphatic rings. The molecule has 138 valence electrons. The summed E-state index contributed by atoms with van der Waals surface area (Å²) in [5.41, 5.74) is 0.710. The van der Waals surface area contributed by atoms with Crippen molar-refractivity contribution in [2.24, 2.45) is 0 Å². The zero-order valence-corrected chi connectivity index (χ0v) is 16.1. The first-order chi connectivity index (χ1) is 12.9. The van der Waals surface area contributed by atoms with E-state index in [0.717, 1.165) is 0 Å². The van der Waals surface area contributed by atoms with Crippen LogP contribution in [-0.4, -0.2) is 46.8 Å². The van der Waals surface area contributed by atoms with E-state index in [2.05, 4.69) is 20.9 Å². The smallest absolute Gasteiger partial charge is 0.407 e. The summed E-state index contributed by atoms with van der Waals surface area (Å²) in [5, 5.41) is 28.4. The normalized spacial score (nSPS) is 16.9. The van der Waals surface area contributed by atoms with Crippen LogP contribution in [0.4, 0.5) is 14.9 Å². The number of pyridine rings is 1. The Hall–Kier alpha value is -2.62. The van der Waals surface area contributed by atoms with Gasteiger partial charge in [0.15, 0.2) is 5.82 Å². The van der Waals surface area contributed by atoms with Crippen LogP contribution in [0, 0.1) is 28.5 Å². The van der Waals surface area contributed by atoms with Crippen LogP contribution < -0.4 is 4.90 Å². The van der Waals surface area contributed by atoms with E-state index in [4.69, 9.17) is 16.9 Å². The molecule has 1 atom stereocenters. The molecule has 3 rings (SSSR count). The molecule has 10 heteroatoms. The summed E-state index contributed by atoms with van der Waals surface area (Å²) >= 11 is 9.17. The maximum Gasteiger partial charge on any atom is 0.407 e. The number of aromatic nitrogens is 1. The summed E-state index contributed by atoms with van der Waals surface area (Å²) in [6.07, 6.45) is 0.186. The summed E-state index contributed by atoms with van der Waals surface area (Å²) in [6.45, 7) is 0.642. The Labute approximate surface area is 167 Å². The fraction of sp³-hybridized carbons (Fsp3) is 0.294. The molecule has 0 radical (unpaired) electrons. The first-order valence-corrected chi connectivity index (χ1v) is 9.03. The molecule has 1 amide bonds. The predicted molar refractivity (Wildman–Crippen MR) is 100 cm³/mol. The van der Waals surface area contributed by atoms with Gasteiger partial charge in [0.1, 0.15) is 11.6 Å². The average Bonchev–Trinajstić information content (AvgIpc) is 2.65. The second-order valence-corrected chi connectivity index (χ2v) is 7.15. The van der Waals surface area contributed by atoms with Crippen molar-refractivity contribution in [1.82, 2.24) is 9.88 Å². The van der Waals surface area contributed by atoms with Crippen molar-refractivity contribution in [2.75, 3.05) is 24.5 Å². The lowest BCUT2D eigenvalue weighted by Crippen LogP contribution is -2.55. The van der Waals surface area contributed by atoms with Gasteiger partial charge in [0.2, 0.25) is 0 Å². The maximum absolute atomic E-state index is 14.6. The van der Waals surface area contributed by atoms with Gasteiger partial charge in [-0.15, -0.1) is 0 Å². The molecular formula is C17H12BrClFN5O2. The van der Waals surface area contributed by atoms with Gasteiger partial charge < -0.3 is 14.9 Å². The fourth-order valence-corrected chi connectivity index (χ4v) is 3.73. The third-order valence-corrected chi connectivity index (χ3v) is 5.76. The summed E-state index contributed by atoms with van der Waals surface area (Å²) < 4.78 is 14.7. The Kier molecular flexibility index (Phi) is 5.36. The molecule has 1 N–H and O–H groups in total. The molecule has 1 aromatic heterocycles. The molecule has 0 spiro atoms. The van der Waals surface area contributed by atoms with E-state index >= 15 is 0 Å². The molecule has 1 aromatic carbocycles. The van der Waals surface area contributed by atoms with Gasteiger partial charge in [-0.3, -0.25) is 4.98 Å². The molecule has 0 aliphatic carbocycles. The van der Waals surface area contributed by atoms with Crippen LogP contribution in [0.25, 0.3) is 10.9 Å². The third kappa shape index (κ3) is 3.36. The van der Waals surface area contributed by atoms with Gasteiger partial charge in [-0.2, -0.15) is 10.5 Å². The van der Waals surface area contributed by atoms with Crippen LogP contribution >= 0.6 is 27.5 Å². The van der Waals surface area contributed by atoms with Crippen molar-refractivity contribution in [3.05, 3.63) is 33.1 Å². The molecule has 2 heterocycles. The third-order valence-electron chi connectivity index (χ3n) is 4.46. The lowest BCUT2D eigenvalue weighted by atomic mass is 10.0. The minimum absolute atomic E-state index is 0.00830. The Morgan fingerprint density at radius 2 is 2.22 bits per heavy atom. The van der Waals surface area contributed by atoms with E-state index < -0.39 is 18.0 Å². The van der Waals surface area contributed by atoms with Crippen LogP contribution in [0.5, 0.6) is 0 Å². The fourth-order valence-electron chi connectivity index (χ4n) is 3.24. The molecule has 27 heavy (non-hydrogen) atoms. The van der Waals surface area contributed by atoms with Crippen molar-refractivity contribution >= 4 is 50.2 Å². The highest BCUT2D eigenvalue weighted by atomic mass is 79.9. The van der Waals surface area contributed by atoms with Crippen molar-refractivity contribution < 1.29 is 14.3 Å². The molecule has 1 saturated heterocycles. The summed E-state index contributed by atoms with van der Waals surface area (Å²) in [6, 6.07) is 4.99. The quantitative estimate of drug-likeness (QED) is 0.696. The number of hydrogen-bond donors (Lipinski definition) is 1. The number of amides is 1. The van der Waals surface area contributed by atoms with Gasteiger partial charge in [-0.25, -0.2) is 9.18 Å². The topological polar surface area (TPSA) is 104 Å². The predicted octanol–water partition coefficient (Wildman–Crippen LogP) is 3.74. The number of anilines is 1. The SMILES string of the molecule is N#CCC1CN(c2c(C#N)cnc3c(F)c(Br)c(Cl)cc23)CCN1C(=O)O. The maximum atomic E-state index is 14.6. The van der Waals surface area contributed by atoms with Gasteiger partial charge in [0.05, 0.1) is 39.3 Å².